The zero-order chi connectivity index (χ0) is 20.3. The fourth-order valence-electron chi connectivity index (χ4n) is 2.97. The van der Waals surface area contributed by atoms with Crippen molar-refractivity contribution < 1.29 is 0 Å². The number of anilines is 1. The number of nitrogens with zero attached hydrogens (tertiary/aromatic N) is 1. The summed E-state index contributed by atoms with van der Waals surface area (Å²) in [6.07, 6.45) is 2.99. The van der Waals surface area contributed by atoms with Gasteiger partial charge in [-0.05, 0) is 36.6 Å². The number of thioether (sulfide) groups is 1. The summed E-state index contributed by atoms with van der Waals surface area (Å²) in [5.41, 5.74) is 11.7. The van der Waals surface area contributed by atoms with E-state index in [1.165, 1.54) is 18.0 Å². The molecule has 0 aliphatic carbocycles. The summed E-state index contributed by atoms with van der Waals surface area (Å²) >= 11 is 1.40. The first-order valence-electron chi connectivity index (χ1n) is 8.99. The third-order valence-electron chi connectivity index (χ3n) is 4.72. The lowest BCUT2D eigenvalue weighted by Crippen LogP contribution is -2.18. The predicted molar refractivity (Wildman–Crippen MR) is 118 cm³/mol. The minimum atomic E-state index is -0.113. The fourth-order valence-corrected chi connectivity index (χ4v) is 4.00. The number of H-pyrrole nitrogens is 1. The summed E-state index contributed by atoms with van der Waals surface area (Å²) < 4.78 is 0. The zero-order valence-electron chi connectivity index (χ0n) is 16.2. The number of hydrogen-bond acceptors (Lipinski definition) is 7. The lowest BCUT2D eigenvalue weighted by molar-refractivity contribution is 0.864. The van der Waals surface area contributed by atoms with Crippen molar-refractivity contribution >= 4 is 40.1 Å². The molecule has 1 aromatic carbocycles. The molecule has 146 valence electrons. The van der Waals surface area contributed by atoms with Crippen molar-refractivity contribution in [2.24, 2.45) is 5.73 Å². The van der Waals surface area contributed by atoms with Gasteiger partial charge in [0.05, 0.1) is 4.90 Å². The number of hydrogen-bond donors (Lipinski definition) is 6. The molecule has 1 unspecified atom stereocenters. The predicted octanol–water partition coefficient (Wildman–Crippen LogP) is 3.44. The minimum absolute atomic E-state index is 0.113. The second kappa shape index (κ2) is 8.45. The molecule has 2 heterocycles. The van der Waals surface area contributed by atoms with E-state index in [2.05, 4.69) is 33.0 Å². The number of aromatic nitrogens is 2. The Bertz CT molecular complexity index is 951. The third-order valence-corrected chi connectivity index (χ3v) is 5.73. The van der Waals surface area contributed by atoms with Crippen LogP contribution in [0.5, 0.6) is 0 Å². The van der Waals surface area contributed by atoms with Crippen LogP contribution in [-0.4, -0.2) is 34.5 Å². The molecule has 0 saturated carbocycles. The van der Waals surface area contributed by atoms with Gasteiger partial charge in [0.15, 0.2) is 0 Å². The molecule has 2 aromatic rings. The summed E-state index contributed by atoms with van der Waals surface area (Å²) in [5.74, 6) is 0.820. The first-order valence-corrected chi connectivity index (χ1v) is 9.81. The van der Waals surface area contributed by atoms with Gasteiger partial charge in [-0.15, -0.1) is 0 Å². The molecule has 8 heteroatoms. The van der Waals surface area contributed by atoms with E-state index in [0.29, 0.717) is 11.6 Å². The van der Waals surface area contributed by atoms with E-state index in [0.717, 1.165) is 44.4 Å². The molecule has 0 fully saturated rings. The van der Waals surface area contributed by atoms with Gasteiger partial charge in [0.25, 0.3) is 0 Å². The highest BCUT2D eigenvalue weighted by atomic mass is 32.2. The largest absolute Gasteiger partial charge is 0.388 e. The lowest BCUT2D eigenvalue weighted by atomic mass is 10.0. The molecule has 1 atom stereocenters. The van der Waals surface area contributed by atoms with Gasteiger partial charge in [0.2, 0.25) is 0 Å². The van der Waals surface area contributed by atoms with Crippen molar-refractivity contribution in [3.63, 3.8) is 0 Å². The number of fused-ring (bicyclic) bond motifs is 1. The van der Waals surface area contributed by atoms with Gasteiger partial charge in [-0.25, -0.2) is 0 Å². The Morgan fingerprint density at radius 2 is 2.07 bits per heavy atom. The van der Waals surface area contributed by atoms with Crippen LogP contribution in [0.2, 0.25) is 0 Å². The van der Waals surface area contributed by atoms with Crippen molar-refractivity contribution in [1.29, 1.82) is 10.8 Å². The molecule has 28 heavy (non-hydrogen) atoms. The highest BCUT2D eigenvalue weighted by Gasteiger charge is 2.31. The smallest absolute Gasteiger partial charge is 0.136 e. The van der Waals surface area contributed by atoms with Crippen molar-refractivity contribution in [2.75, 3.05) is 12.4 Å². The maximum absolute atomic E-state index is 8.28. The molecule has 0 saturated heterocycles. The molecule has 0 radical (unpaired) electrons. The summed E-state index contributed by atoms with van der Waals surface area (Å²) in [7, 11) is 1.84. The second-order valence-electron chi connectivity index (χ2n) is 6.60. The van der Waals surface area contributed by atoms with Crippen molar-refractivity contribution in [3.05, 3.63) is 52.7 Å². The molecule has 7 N–H and O–H groups in total. The van der Waals surface area contributed by atoms with Crippen molar-refractivity contribution in [2.45, 2.75) is 31.3 Å². The molecule has 1 aliphatic rings. The summed E-state index contributed by atoms with van der Waals surface area (Å²) in [5, 5.41) is 29.9. The normalized spacial score (nSPS) is 16.6. The average Bonchev–Trinajstić information content (AvgIpc) is 3.22. The van der Waals surface area contributed by atoms with Gasteiger partial charge < -0.3 is 21.8 Å². The lowest BCUT2D eigenvalue weighted by Gasteiger charge is -2.09. The molecule has 0 bridgehead atoms. The van der Waals surface area contributed by atoms with Crippen LogP contribution in [0.15, 0.2) is 40.8 Å². The van der Waals surface area contributed by atoms with Gasteiger partial charge in [-0.3, -0.25) is 10.5 Å². The van der Waals surface area contributed by atoms with Gasteiger partial charge in [0, 0.05) is 37.1 Å². The van der Waals surface area contributed by atoms with Crippen LogP contribution in [0.25, 0.3) is 11.3 Å². The Balaban J connectivity index is 1.75. The molecule has 7 nitrogen and oxygen atoms in total. The van der Waals surface area contributed by atoms with Crippen molar-refractivity contribution in [1.82, 2.24) is 15.5 Å². The van der Waals surface area contributed by atoms with Gasteiger partial charge >= 0.3 is 0 Å². The van der Waals surface area contributed by atoms with E-state index in [9.17, 15) is 0 Å². The van der Waals surface area contributed by atoms with Crippen LogP contribution in [0.3, 0.4) is 0 Å². The molecule has 1 aliphatic heterocycles. The van der Waals surface area contributed by atoms with E-state index < -0.39 is 0 Å². The van der Waals surface area contributed by atoms with Gasteiger partial charge in [-0.2, -0.15) is 5.10 Å². The maximum atomic E-state index is 8.28. The Hall–Kier alpha value is -2.84. The summed E-state index contributed by atoms with van der Waals surface area (Å²) in [4.78, 5) is 0.947. The fraction of sp³-hybridized carbons (Fsp3) is 0.250. The number of rotatable bonds is 7. The number of nitrogens with one attached hydrogen (secondary N) is 5. The van der Waals surface area contributed by atoms with Gasteiger partial charge in [-0.1, -0.05) is 36.0 Å². The Labute approximate surface area is 168 Å². The van der Waals surface area contributed by atoms with Crippen LogP contribution >= 0.6 is 11.8 Å². The van der Waals surface area contributed by atoms with Crippen LogP contribution in [-0.2, 0) is 6.54 Å². The first kappa shape index (κ1) is 19.9. The van der Waals surface area contributed by atoms with E-state index in [-0.39, 0.29) is 6.04 Å². The molecular formula is C20H25N7S. The van der Waals surface area contributed by atoms with Crippen LogP contribution in [0, 0.1) is 10.8 Å². The van der Waals surface area contributed by atoms with E-state index in [4.69, 9.17) is 16.6 Å². The van der Waals surface area contributed by atoms with Crippen LogP contribution in [0.4, 0.5) is 5.82 Å². The second-order valence-corrected chi connectivity index (χ2v) is 7.62. The summed E-state index contributed by atoms with van der Waals surface area (Å²) in [6.45, 7) is 4.52. The zero-order valence-corrected chi connectivity index (χ0v) is 17.0. The Morgan fingerprint density at radius 1 is 1.36 bits per heavy atom. The number of nitrogens with two attached hydrogens (primary N) is 1. The quantitative estimate of drug-likeness (QED) is 0.400. The molecule has 0 amide bonds. The molecular weight excluding hydrogens is 370 g/mol. The van der Waals surface area contributed by atoms with E-state index in [1.807, 2.05) is 33.0 Å². The number of aromatic amines is 1. The molecule has 0 spiro atoms. The van der Waals surface area contributed by atoms with E-state index >= 15 is 0 Å². The Morgan fingerprint density at radius 3 is 2.68 bits per heavy atom. The van der Waals surface area contributed by atoms with Crippen LogP contribution < -0.4 is 16.4 Å². The third kappa shape index (κ3) is 3.88. The van der Waals surface area contributed by atoms with E-state index in [1.54, 1.807) is 6.08 Å². The molecule has 1 aromatic heterocycles. The number of allylic oxidation sites excluding steroid dienone is 1. The van der Waals surface area contributed by atoms with Crippen molar-refractivity contribution in [3.8, 4) is 0 Å². The standard InChI is InChI=1S/C20H25N7S/c1-11(12(2)22)16-17-18(28-19(16)23)20(27-26-17)25-10-13-4-6-14(7-5-13)15(24-3)8-9-21/h4-9,12,21,23-24H,10,22H2,1-3H3,(H2,25,26,27)/b15-8-,16-11-,21-9?,23-19?. The maximum Gasteiger partial charge on any atom is 0.136 e. The average molecular weight is 396 g/mol. The van der Waals surface area contributed by atoms with Gasteiger partial charge in [0.1, 0.15) is 16.6 Å². The highest BCUT2D eigenvalue weighted by molar-refractivity contribution is 8.15. The van der Waals surface area contributed by atoms with Crippen LogP contribution in [0.1, 0.15) is 30.7 Å². The Kier molecular flexibility index (Phi) is 6.01. The highest BCUT2D eigenvalue weighted by Crippen LogP contribution is 2.45. The monoisotopic (exact) mass is 395 g/mol. The number of benzene rings is 1. The topological polar surface area (TPSA) is 126 Å². The SMILES string of the molecule is CN/C(=C\C=N)c1ccc(CNc2[nH]nc3c2SC(=N)/C3=C(/C)C(C)N)cc1. The summed E-state index contributed by atoms with van der Waals surface area (Å²) in [6, 6.07) is 8.04. The first-order chi connectivity index (χ1) is 13.5. The molecule has 3 rings (SSSR count). The minimum Gasteiger partial charge on any atom is -0.388 e.